The number of thiophene rings is 1. The molecule has 13 aromatic rings. The summed E-state index contributed by atoms with van der Waals surface area (Å²) in [6.45, 7) is 0. The molecular formula is C55H32N8S. The molecule has 298 valence electrons. The second kappa shape index (κ2) is 14.5. The molecule has 8 nitrogen and oxygen atoms in total. The molecule has 0 amide bonds. The van der Waals surface area contributed by atoms with Crippen LogP contribution in [-0.4, -0.2) is 39.5 Å². The van der Waals surface area contributed by atoms with Crippen LogP contribution in [0.2, 0.25) is 0 Å². The van der Waals surface area contributed by atoms with Gasteiger partial charge in [-0.3, -0.25) is 9.97 Å². The van der Waals surface area contributed by atoms with E-state index in [1.54, 1.807) is 11.3 Å². The normalized spacial score (nSPS) is 11.8. The van der Waals surface area contributed by atoms with E-state index in [2.05, 4.69) is 126 Å². The third-order valence-corrected chi connectivity index (χ3v) is 13.1. The van der Waals surface area contributed by atoms with Gasteiger partial charge in [0, 0.05) is 66.4 Å². The summed E-state index contributed by atoms with van der Waals surface area (Å²) in [6.07, 6.45) is 3.72. The van der Waals surface area contributed by atoms with Crippen LogP contribution in [0, 0.1) is 0 Å². The quantitative estimate of drug-likeness (QED) is 0.165. The number of fused-ring (bicyclic) bond motifs is 8. The van der Waals surface area contributed by atoms with Gasteiger partial charge < -0.3 is 4.57 Å². The molecule has 0 spiro atoms. The molecule has 9 heteroatoms. The molecular weight excluding hydrogens is 805 g/mol. The molecule has 0 aliphatic carbocycles. The van der Waals surface area contributed by atoms with Crippen LogP contribution in [0.4, 0.5) is 0 Å². The molecule has 0 bridgehead atoms. The van der Waals surface area contributed by atoms with Crippen LogP contribution in [0.5, 0.6) is 0 Å². The highest BCUT2D eigenvalue weighted by Crippen LogP contribution is 2.42. The number of benzene rings is 7. The fraction of sp³-hybridized carbons (Fsp3) is 0. The Kier molecular flexibility index (Phi) is 8.22. The van der Waals surface area contributed by atoms with Crippen molar-refractivity contribution in [3.05, 3.63) is 194 Å². The molecule has 0 saturated carbocycles. The van der Waals surface area contributed by atoms with Gasteiger partial charge in [-0.15, -0.1) is 11.3 Å². The van der Waals surface area contributed by atoms with Crippen molar-refractivity contribution in [3.63, 3.8) is 0 Å². The molecule has 0 fully saturated rings. The van der Waals surface area contributed by atoms with Crippen molar-refractivity contribution >= 4 is 75.0 Å². The van der Waals surface area contributed by atoms with Crippen molar-refractivity contribution in [1.82, 2.24) is 39.5 Å². The molecule has 0 saturated heterocycles. The first-order valence-electron chi connectivity index (χ1n) is 21.0. The van der Waals surface area contributed by atoms with Gasteiger partial charge in [-0.1, -0.05) is 140 Å². The highest BCUT2D eigenvalue weighted by atomic mass is 32.1. The van der Waals surface area contributed by atoms with E-state index in [-0.39, 0.29) is 0 Å². The minimum atomic E-state index is 0.468. The van der Waals surface area contributed by atoms with E-state index in [1.165, 1.54) is 15.5 Å². The minimum Gasteiger partial charge on any atom is -0.309 e. The van der Waals surface area contributed by atoms with Crippen molar-refractivity contribution in [2.45, 2.75) is 0 Å². The summed E-state index contributed by atoms with van der Waals surface area (Å²) >= 11 is 1.73. The average Bonchev–Trinajstić information content (AvgIpc) is 3.91. The van der Waals surface area contributed by atoms with Gasteiger partial charge >= 0.3 is 0 Å². The van der Waals surface area contributed by atoms with E-state index in [0.717, 1.165) is 76.3 Å². The Labute approximate surface area is 369 Å². The zero-order valence-electron chi connectivity index (χ0n) is 34.0. The van der Waals surface area contributed by atoms with E-state index in [4.69, 9.17) is 34.9 Å². The average molecular weight is 837 g/mol. The third kappa shape index (κ3) is 6.01. The second-order valence-electron chi connectivity index (χ2n) is 15.8. The maximum absolute atomic E-state index is 5.39. The number of para-hydroxylation sites is 2. The second-order valence-corrected chi connectivity index (χ2v) is 16.9. The Hall–Kier alpha value is -8.53. The standard InChI is InChI=1S/C55H32N8S/c1-2-16-40(17-3-1)63-46-20-10-8-18-41(46)42-27-26-37(30-47(42)63)49-51-50(43-19-9-11-21-48(43)64-51)59-52(58-49)33-22-24-34(25-23-33)53-60-54(44-28-35-12-4-6-14-38(35)31-56-44)62-55(61-53)45-29-36-13-5-7-15-39(36)32-57-45/h1-32H. The van der Waals surface area contributed by atoms with Crippen LogP contribution < -0.4 is 0 Å². The lowest BCUT2D eigenvalue weighted by Gasteiger charge is -2.11. The van der Waals surface area contributed by atoms with Gasteiger partial charge in [0.15, 0.2) is 23.3 Å². The number of nitrogens with zero attached hydrogens (tertiary/aromatic N) is 8. The van der Waals surface area contributed by atoms with Crippen molar-refractivity contribution in [3.8, 4) is 62.8 Å². The summed E-state index contributed by atoms with van der Waals surface area (Å²) in [7, 11) is 0. The first-order chi connectivity index (χ1) is 31.7. The topological polar surface area (TPSA) is 95.2 Å². The van der Waals surface area contributed by atoms with Gasteiger partial charge in [0.25, 0.3) is 0 Å². The van der Waals surface area contributed by atoms with Gasteiger partial charge in [0.1, 0.15) is 11.4 Å². The number of hydrogen-bond acceptors (Lipinski definition) is 8. The Morgan fingerprint density at radius 3 is 1.59 bits per heavy atom. The van der Waals surface area contributed by atoms with E-state index in [1.807, 2.05) is 73.1 Å². The van der Waals surface area contributed by atoms with Crippen LogP contribution in [-0.2, 0) is 0 Å². The van der Waals surface area contributed by atoms with Gasteiger partial charge in [0.05, 0.1) is 26.9 Å². The molecule has 0 aliphatic rings. The summed E-state index contributed by atoms with van der Waals surface area (Å²) in [6, 6.07) is 62.9. The van der Waals surface area contributed by atoms with Gasteiger partial charge in [-0.2, -0.15) is 0 Å². The maximum Gasteiger partial charge on any atom is 0.182 e. The van der Waals surface area contributed by atoms with Gasteiger partial charge in [-0.25, -0.2) is 24.9 Å². The number of hydrogen-bond donors (Lipinski definition) is 0. The Balaban J connectivity index is 0.956. The number of rotatable bonds is 6. The van der Waals surface area contributed by atoms with Crippen LogP contribution >= 0.6 is 11.3 Å². The van der Waals surface area contributed by atoms with E-state index < -0.39 is 0 Å². The van der Waals surface area contributed by atoms with Crippen molar-refractivity contribution in [2.24, 2.45) is 0 Å². The SMILES string of the molecule is c1ccc(-n2c3ccccc3c3ccc(-c4nc(-c5ccc(-c6nc(-c7cc8ccccc8cn7)nc(-c7cc8ccccc8cn7)n6)cc5)nc5c4sc4ccccc45)cc32)cc1. The zero-order chi connectivity index (χ0) is 42.1. The minimum absolute atomic E-state index is 0.468. The molecule has 0 N–H and O–H groups in total. The Morgan fingerprint density at radius 2 is 0.906 bits per heavy atom. The lowest BCUT2D eigenvalue weighted by Crippen LogP contribution is -2.02. The third-order valence-electron chi connectivity index (χ3n) is 11.9. The van der Waals surface area contributed by atoms with Crippen molar-refractivity contribution in [2.75, 3.05) is 0 Å². The predicted octanol–water partition coefficient (Wildman–Crippen LogP) is 13.6. The van der Waals surface area contributed by atoms with Crippen molar-refractivity contribution in [1.29, 1.82) is 0 Å². The van der Waals surface area contributed by atoms with Crippen LogP contribution in [0.25, 0.3) is 126 Å². The van der Waals surface area contributed by atoms with E-state index in [0.29, 0.717) is 34.7 Å². The number of pyridine rings is 2. The van der Waals surface area contributed by atoms with Crippen molar-refractivity contribution < 1.29 is 0 Å². The van der Waals surface area contributed by atoms with Crippen LogP contribution in [0.3, 0.4) is 0 Å². The lowest BCUT2D eigenvalue weighted by molar-refractivity contribution is 1.05. The first-order valence-corrected chi connectivity index (χ1v) is 21.9. The lowest BCUT2D eigenvalue weighted by atomic mass is 10.1. The smallest absolute Gasteiger partial charge is 0.182 e. The molecule has 64 heavy (non-hydrogen) atoms. The largest absolute Gasteiger partial charge is 0.309 e. The van der Waals surface area contributed by atoms with Crippen LogP contribution in [0.15, 0.2) is 194 Å². The Morgan fingerprint density at radius 1 is 0.375 bits per heavy atom. The summed E-state index contributed by atoms with van der Waals surface area (Å²) in [5.41, 5.74) is 9.26. The first kappa shape index (κ1) is 36.2. The number of aromatic nitrogens is 8. The maximum atomic E-state index is 5.39. The van der Waals surface area contributed by atoms with E-state index >= 15 is 0 Å². The molecule has 0 unspecified atom stereocenters. The highest BCUT2D eigenvalue weighted by molar-refractivity contribution is 7.26. The fourth-order valence-electron chi connectivity index (χ4n) is 8.80. The molecule has 0 aliphatic heterocycles. The summed E-state index contributed by atoms with van der Waals surface area (Å²) in [5.74, 6) is 2.09. The fourth-order valence-corrected chi connectivity index (χ4v) is 9.96. The molecule has 0 radical (unpaired) electrons. The predicted molar refractivity (Wildman–Crippen MR) is 260 cm³/mol. The van der Waals surface area contributed by atoms with E-state index in [9.17, 15) is 0 Å². The Bertz CT molecular complexity index is 3870. The van der Waals surface area contributed by atoms with Gasteiger partial charge in [-0.05, 0) is 53.2 Å². The molecule has 6 aromatic heterocycles. The molecule has 0 atom stereocenters. The molecule has 13 rings (SSSR count). The molecule has 6 heterocycles. The summed E-state index contributed by atoms with van der Waals surface area (Å²) < 4.78 is 4.57. The van der Waals surface area contributed by atoms with Crippen LogP contribution in [0.1, 0.15) is 0 Å². The zero-order valence-corrected chi connectivity index (χ0v) is 34.8. The summed E-state index contributed by atoms with van der Waals surface area (Å²) in [4.78, 5) is 35.2. The summed E-state index contributed by atoms with van der Waals surface area (Å²) in [5, 5.41) is 7.71. The van der Waals surface area contributed by atoms with Gasteiger partial charge in [0.2, 0.25) is 0 Å². The highest BCUT2D eigenvalue weighted by Gasteiger charge is 2.20. The monoisotopic (exact) mass is 836 g/mol. The molecule has 7 aromatic carbocycles.